The quantitative estimate of drug-likeness (QED) is 0.273. The Morgan fingerprint density at radius 1 is 1.25 bits per heavy atom. The van der Waals surface area contributed by atoms with Gasteiger partial charge in [0.25, 0.3) is 0 Å². The molecule has 0 spiro atoms. The fraction of sp³-hybridized carbons (Fsp3) is 0.200. The SMILES string of the molecule is COC(=O)CCCSc1nc(Nc2ccc(C#N)cc2)c2ccc(F)cc2n1. The van der Waals surface area contributed by atoms with Gasteiger partial charge >= 0.3 is 5.97 Å². The van der Waals surface area contributed by atoms with Crippen LogP contribution in [-0.4, -0.2) is 28.8 Å². The molecule has 3 aromatic rings. The summed E-state index contributed by atoms with van der Waals surface area (Å²) in [6, 6.07) is 13.4. The van der Waals surface area contributed by atoms with Gasteiger partial charge in [-0.3, -0.25) is 4.79 Å². The number of rotatable bonds is 7. The molecule has 1 aromatic heterocycles. The van der Waals surface area contributed by atoms with Gasteiger partial charge in [-0.05, 0) is 42.8 Å². The number of nitrogens with one attached hydrogen (secondary N) is 1. The third kappa shape index (κ3) is 4.96. The number of carbonyl (C=O) groups is 1. The van der Waals surface area contributed by atoms with E-state index in [1.54, 1.807) is 30.3 Å². The standard InChI is InChI=1S/C20H17FN4O2S/c1-27-18(26)3-2-10-28-20-24-17-11-14(21)6-9-16(17)19(25-20)23-15-7-4-13(12-22)5-8-15/h4-9,11H,2-3,10H2,1H3,(H,23,24,25). The number of nitrogens with zero attached hydrogens (tertiary/aromatic N) is 3. The van der Waals surface area contributed by atoms with Gasteiger partial charge in [0.15, 0.2) is 5.16 Å². The molecule has 1 heterocycles. The van der Waals surface area contributed by atoms with Crippen LogP contribution in [0.25, 0.3) is 10.9 Å². The van der Waals surface area contributed by atoms with E-state index < -0.39 is 0 Å². The molecule has 0 saturated carbocycles. The fourth-order valence-electron chi connectivity index (χ4n) is 2.49. The molecule has 28 heavy (non-hydrogen) atoms. The second kappa shape index (κ2) is 9.15. The smallest absolute Gasteiger partial charge is 0.305 e. The fourth-order valence-corrected chi connectivity index (χ4v) is 3.28. The van der Waals surface area contributed by atoms with Crippen molar-refractivity contribution in [2.45, 2.75) is 18.0 Å². The van der Waals surface area contributed by atoms with Crippen molar-refractivity contribution >= 4 is 40.1 Å². The summed E-state index contributed by atoms with van der Waals surface area (Å²) in [7, 11) is 1.36. The Kier molecular flexibility index (Phi) is 6.40. The number of halogens is 1. The maximum Gasteiger partial charge on any atom is 0.305 e. The zero-order chi connectivity index (χ0) is 19.9. The third-order valence-electron chi connectivity index (χ3n) is 3.90. The number of ether oxygens (including phenoxy) is 1. The summed E-state index contributed by atoms with van der Waals surface area (Å²) in [5.41, 5.74) is 1.80. The molecule has 0 aliphatic rings. The lowest BCUT2D eigenvalue weighted by atomic mass is 10.2. The van der Waals surface area contributed by atoms with Crippen LogP contribution in [0.1, 0.15) is 18.4 Å². The first-order chi connectivity index (χ1) is 13.6. The molecule has 0 aliphatic heterocycles. The summed E-state index contributed by atoms with van der Waals surface area (Å²) in [6.07, 6.45) is 0.947. The first kappa shape index (κ1) is 19.6. The van der Waals surface area contributed by atoms with Gasteiger partial charge in [0.2, 0.25) is 0 Å². The van der Waals surface area contributed by atoms with Crippen molar-refractivity contribution in [1.82, 2.24) is 9.97 Å². The highest BCUT2D eigenvalue weighted by Crippen LogP contribution is 2.28. The first-order valence-corrected chi connectivity index (χ1v) is 9.51. The molecular formula is C20H17FN4O2S. The number of esters is 1. The van der Waals surface area contributed by atoms with Crippen molar-refractivity contribution in [2.75, 3.05) is 18.2 Å². The average Bonchev–Trinajstić information content (AvgIpc) is 2.71. The van der Waals surface area contributed by atoms with Gasteiger partial charge in [-0.15, -0.1) is 0 Å². The lowest BCUT2D eigenvalue weighted by molar-refractivity contribution is -0.140. The lowest BCUT2D eigenvalue weighted by Crippen LogP contribution is -2.01. The van der Waals surface area contributed by atoms with E-state index in [2.05, 4.69) is 26.1 Å². The molecule has 0 saturated heterocycles. The van der Waals surface area contributed by atoms with E-state index in [0.717, 1.165) is 5.69 Å². The molecule has 0 atom stereocenters. The van der Waals surface area contributed by atoms with E-state index in [1.165, 1.54) is 31.0 Å². The summed E-state index contributed by atoms with van der Waals surface area (Å²) >= 11 is 1.39. The van der Waals surface area contributed by atoms with Crippen LogP contribution in [0.4, 0.5) is 15.9 Å². The van der Waals surface area contributed by atoms with Gasteiger partial charge in [0.1, 0.15) is 11.6 Å². The average molecular weight is 396 g/mol. The van der Waals surface area contributed by atoms with Crippen LogP contribution in [0.5, 0.6) is 0 Å². The molecule has 0 amide bonds. The highest BCUT2D eigenvalue weighted by molar-refractivity contribution is 7.99. The summed E-state index contributed by atoms with van der Waals surface area (Å²) < 4.78 is 18.3. The molecule has 0 radical (unpaired) electrons. The van der Waals surface area contributed by atoms with Crippen LogP contribution in [0.2, 0.25) is 0 Å². The monoisotopic (exact) mass is 396 g/mol. The van der Waals surface area contributed by atoms with Gasteiger partial charge in [-0.1, -0.05) is 11.8 Å². The van der Waals surface area contributed by atoms with Crippen molar-refractivity contribution in [3.8, 4) is 6.07 Å². The van der Waals surface area contributed by atoms with Crippen LogP contribution in [0.15, 0.2) is 47.6 Å². The Morgan fingerprint density at radius 3 is 2.75 bits per heavy atom. The Balaban J connectivity index is 1.84. The van der Waals surface area contributed by atoms with Gasteiger partial charge in [-0.2, -0.15) is 5.26 Å². The summed E-state index contributed by atoms with van der Waals surface area (Å²) in [4.78, 5) is 20.2. The van der Waals surface area contributed by atoms with Crippen LogP contribution in [0, 0.1) is 17.1 Å². The summed E-state index contributed by atoms with van der Waals surface area (Å²) in [5.74, 6) is 0.541. The van der Waals surface area contributed by atoms with Crippen LogP contribution >= 0.6 is 11.8 Å². The minimum absolute atomic E-state index is 0.259. The van der Waals surface area contributed by atoms with Crippen molar-refractivity contribution in [1.29, 1.82) is 5.26 Å². The van der Waals surface area contributed by atoms with Crippen molar-refractivity contribution in [3.63, 3.8) is 0 Å². The molecular weight excluding hydrogens is 379 g/mol. The van der Waals surface area contributed by atoms with Gasteiger partial charge in [0, 0.05) is 29.3 Å². The zero-order valence-electron chi connectivity index (χ0n) is 15.1. The molecule has 0 unspecified atom stereocenters. The van der Waals surface area contributed by atoms with Gasteiger partial charge in [-0.25, -0.2) is 14.4 Å². The van der Waals surface area contributed by atoms with E-state index in [9.17, 15) is 9.18 Å². The van der Waals surface area contributed by atoms with Crippen molar-refractivity contribution in [3.05, 3.63) is 53.8 Å². The van der Waals surface area contributed by atoms with E-state index in [0.29, 0.717) is 46.0 Å². The second-order valence-electron chi connectivity index (χ2n) is 5.86. The third-order valence-corrected chi connectivity index (χ3v) is 4.83. The maximum atomic E-state index is 13.7. The predicted octanol–water partition coefficient (Wildman–Crippen LogP) is 4.43. The van der Waals surface area contributed by atoms with E-state index in [1.807, 2.05) is 0 Å². The second-order valence-corrected chi connectivity index (χ2v) is 6.92. The maximum absolute atomic E-state index is 13.7. The highest BCUT2D eigenvalue weighted by Gasteiger charge is 2.10. The number of carbonyl (C=O) groups excluding carboxylic acids is 1. The Bertz CT molecular complexity index is 1030. The molecule has 0 fully saturated rings. The van der Waals surface area contributed by atoms with E-state index in [4.69, 9.17) is 5.26 Å². The molecule has 0 aliphatic carbocycles. The number of nitriles is 1. The minimum atomic E-state index is -0.378. The topological polar surface area (TPSA) is 87.9 Å². The zero-order valence-corrected chi connectivity index (χ0v) is 15.9. The number of anilines is 2. The van der Waals surface area contributed by atoms with Crippen molar-refractivity contribution < 1.29 is 13.9 Å². The van der Waals surface area contributed by atoms with E-state index >= 15 is 0 Å². The number of benzene rings is 2. The van der Waals surface area contributed by atoms with Gasteiger partial charge < -0.3 is 10.1 Å². The first-order valence-electron chi connectivity index (χ1n) is 8.53. The Labute approximate surface area is 165 Å². The van der Waals surface area contributed by atoms with Crippen LogP contribution in [0.3, 0.4) is 0 Å². The number of fused-ring (bicyclic) bond motifs is 1. The molecule has 1 N–H and O–H groups in total. The van der Waals surface area contributed by atoms with Gasteiger partial charge in [0.05, 0.1) is 24.3 Å². The van der Waals surface area contributed by atoms with Crippen LogP contribution in [-0.2, 0) is 9.53 Å². The summed E-state index contributed by atoms with van der Waals surface area (Å²) in [6.45, 7) is 0. The number of hydrogen-bond donors (Lipinski definition) is 1. The largest absolute Gasteiger partial charge is 0.469 e. The number of hydrogen-bond acceptors (Lipinski definition) is 7. The summed E-state index contributed by atoms with van der Waals surface area (Å²) in [5, 5.41) is 13.3. The number of methoxy groups -OCH3 is 1. The lowest BCUT2D eigenvalue weighted by Gasteiger charge is -2.11. The van der Waals surface area contributed by atoms with E-state index in [-0.39, 0.29) is 11.8 Å². The molecule has 142 valence electrons. The van der Waals surface area contributed by atoms with Crippen LogP contribution < -0.4 is 5.32 Å². The number of aromatic nitrogens is 2. The highest BCUT2D eigenvalue weighted by atomic mass is 32.2. The minimum Gasteiger partial charge on any atom is -0.469 e. The Hall–Kier alpha value is -3.18. The molecule has 2 aromatic carbocycles. The molecule has 8 heteroatoms. The predicted molar refractivity (Wildman–Crippen MR) is 106 cm³/mol. The molecule has 0 bridgehead atoms. The molecule has 6 nitrogen and oxygen atoms in total. The molecule has 3 rings (SSSR count). The normalized spacial score (nSPS) is 10.5. The Morgan fingerprint density at radius 2 is 2.04 bits per heavy atom. The number of thioether (sulfide) groups is 1. The van der Waals surface area contributed by atoms with Crippen molar-refractivity contribution in [2.24, 2.45) is 0 Å².